The maximum absolute atomic E-state index is 12.0. The molecule has 0 aromatic carbocycles. The Balaban J connectivity index is 1.59. The molecule has 0 radical (unpaired) electrons. The van der Waals surface area contributed by atoms with E-state index in [4.69, 9.17) is 15.2 Å². The molecule has 1 aromatic heterocycles. The van der Waals surface area contributed by atoms with Gasteiger partial charge in [-0.3, -0.25) is 18.2 Å². The first-order valence-corrected chi connectivity index (χ1v) is 12.7. The van der Waals surface area contributed by atoms with Crippen LogP contribution in [0.3, 0.4) is 0 Å². The molecule has 1 aromatic rings. The van der Waals surface area contributed by atoms with Crippen molar-refractivity contribution in [1.29, 1.82) is 0 Å². The standard InChI is InChI=1S/C15H25N3O14P2/c1-6-7(19)4-8(20)14(29-6)31-34(26,27)32-33(24,25)28-5-9-11(21)12(22)13(30-9)18-3-2-10(16)17-15(18)23/h2-3,6-9,11-14,19-22H,4-5H2,1H3,(H,24,25)(H,26,27)(H2,16,17,23)/p-2/t6-,7+,8-,9-,11-,12-,13-,14-/m1/s1. The summed E-state index contributed by atoms with van der Waals surface area (Å²) in [7, 11) is -11.3. The van der Waals surface area contributed by atoms with Gasteiger partial charge in [0.15, 0.2) is 12.5 Å². The van der Waals surface area contributed by atoms with Crippen LogP contribution in [0.1, 0.15) is 19.6 Å². The van der Waals surface area contributed by atoms with Crippen LogP contribution >= 0.6 is 15.6 Å². The van der Waals surface area contributed by atoms with Gasteiger partial charge >= 0.3 is 5.69 Å². The lowest BCUT2D eigenvalue weighted by Crippen LogP contribution is -2.47. The molecule has 3 heterocycles. The predicted octanol–water partition coefficient (Wildman–Crippen LogP) is -3.71. The summed E-state index contributed by atoms with van der Waals surface area (Å²) in [5, 5.41) is 39.6. The number of aliphatic hydroxyl groups excluding tert-OH is 4. The number of aliphatic hydroxyl groups is 4. The van der Waals surface area contributed by atoms with Crippen molar-refractivity contribution in [2.24, 2.45) is 0 Å². The maximum Gasteiger partial charge on any atom is 0.351 e. The lowest BCUT2D eigenvalue weighted by atomic mass is 10.0. The molecule has 0 bridgehead atoms. The number of aromatic nitrogens is 2. The summed E-state index contributed by atoms with van der Waals surface area (Å²) in [6, 6.07) is 1.22. The molecule has 2 aliphatic rings. The van der Waals surface area contributed by atoms with E-state index in [9.17, 15) is 44.1 Å². The Labute approximate surface area is 191 Å². The fraction of sp³-hybridized carbons (Fsp3) is 0.733. The van der Waals surface area contributed by atoms with Crippen LogP contribution in [0.5, 0.6) is 0 Å². The topological polar surface area (TPSA) is 268 Å². The van der Waals surface area contributed by atoms with Crippen LogP contribution < -0.4 is 21.2 Å². The molecule has 0 amide bonds. The van der Waals surface area contributed by atoms with E-state index in [2.05, 4.69) is 18.3 Å². The Morgan fingerprint density at radius 1 is 1.18 bits per heavy atom. The summed E-state index contributed by atoms with van der Waals surface area (Å²) >= 11 is 0. The third kappa shape index (κ3) is 6.47. The van der Waals surface area contributed by atoms with Crippen molar-refractivity contribution in [3.8, 4) is 0 Å². The van der Waals surface area contributed by atoms with E-state index in [1.165, 1.54) is 13.0 Å². The molecule has 194 valence electrons. The first-order valence-electron chi connectivity index (χ1n) is 9.73. The smallest absolute Gasteiger partial charge is 0.351 e. The van der Waals surface area contributed by atoms with Crippen LogP contribution in [0.15, 0.2) is 17.1 Å². The number of nitrogen functional groups attached to an aromatic ring is 1. The minimum absolute atomic E-state index is 0.111. The van der Waals surface area contributed by atoms with Gasteiger partial charge in [-0.2, -0.15) is 4.98 Å². The molecule has 0 saturated carbocycles. The second-order valence-corrected chi connectivity index (χ2v) is 10.5. The second kappa shape index (κ2) is 10.4. The number of rotatable bonds is 8. The fourth-order valence-corrected chi connectivity index (χ4v) is 5.31. The molecule has 2 aliphatic heterocycles. The van der Waals surface area contributed by atoms with Crippen molar-refractivity contribution in [2.45, 2.75) is 62.5 Å². The summed E-state index contributed by atoms with van der Waals surface area (Å²) < 4.78 is 47.7. The number of hydrogen-bond donors (Lipinski definition) is 5. The quantitative estimate of drug-likeness (QED) is 0.202. The average molecular weight is 531 g/mol. The van der Waals surface area contributed by atoms with Gasteiger partial charge in [-0.25, -0.2) is 9.11 Å². The number of anilines is 1. The van der Waals surface area contributed by atoms with Crippen molar-refractivity contribution in [1.82, 2.24) is 9.55 Å². The van der Waals surface area contributed by atoms with E-state index in [-0.39, 0.29) is 12.2 Å². The largest absolute Gasteiger partial charge is 0.756 e. The van der Waals surface area contributed by atoms with E-state index in [1.807, 2.05) is 0 Å². The first-order chi connectivity index (χ1) is 15.7. The fourth-order valence-electron chi connectivity index (χ4n) is 3.21. The molecular formula is C15H23N3O14P2-2. The van der Waals surface area contributed by atoms with Crippen molar-refractivity contribution in [2.75, 3.05) is 12.3 Å². The zero-order valence-electron chi connectivity index (χ0n) is 17.4. The summed E-state index contributed by atoms with van der Waals surface area (Å²) in [5.41, 5.74) is 4.45. The summed E-state index contributed by atoms with van der Waals surface area (Å²) in [6.45, 7) is 0.354. The van der Waals surface area contributed by atoms with Crippen molar-refractivity contribution in [3.05, 3.63) is 22.7 Å². The molecule has 3 rings (SSSR count). The van der Waals surface area contributed by atoms with Crippen molar-refractivity contribution in [3.63, 3.8) is 0 Å². The second-order valence-electron chi connectivity index (χ2n) is 7.55. The lowest BCUT2D eigenvalue weighted by molar-refractivity contribution is -0.281. The molecule has 34 heavy (non-hydrogen) atoms. The van der Waals surface area contributed by atoms with Gasteiger partial charge in [0.2, 0.25) is 0 Å². The predicted molar refractivity (Wildman–Crippen MR) is 103 cm³/mol. The van der Waals surface area contributed by atoms with Gasteiger partial charge in [0.25, 0.3) is 15.6 Å². The van der Waals surface area contributed by atoms with E-state index in [0.29, 0.717) is 0 Å². The van der Waals surface area contributed by atoms with Crippen LogP contribution in [0.25, 0.3) is 0 Å². The van der Waals surface area contributed by atoms with Crippen LogP contribution in [-0.4, -0.2) is 79.5 Å². The molecule has 2 unspecified atom stereocenters. The summed E-state index contributed by atoms with van der Waals surface area (Å²) in [4.78, 5) is 39.3. The molecule has 10 atom stereocenters. The third-order valence-electron chi connectivity index (χ3n) is 4.98. The maximum atomic E-state index is 12.0. The highest BCUT2D eigenvalue weighted by Gasteiger charge is 2.45. The van der Waals surface area contributed by atoms with Crippen LogP contribution in [-0.2, 0) is 32.0 Å². The summed E-state index contributed by atoms with van der Waals surface area (Å²) in [5.74, 6) is -0.111. The number of phosphoric acid groups is 2. The Morgan fingerprint density at radius 3 is 2.50 bits per heavy atom. The molecule has 17 nitrogen and oxygen atoms in total. The Hall–Kier alpha value is -1.30. The van der Waals surface area contributed by atoms with Gasteiger partial charge in [-0.05, 0) is 13.0 Å². The molecule has 0 spiro atoms. The number of nitrogens with two attached hydrogens (primary N) is 1. The normalized spacial score (nSPS) is 37.7. The number of hydrogen-bond acceptors (Lipinski definition) is 16. The van der Waals surface area contributed by atoms with E-state index >= 15 is 0 Å². The Bertz CT molecular complexity index is 1020. The van der Waals surface area contributed by atoms with Gasteiger partial charge in [0.05, 0.1) is 18.8 Å². The van der Waals surface area contributed by atoms with Gasteiger partial charge < -0.3 is 49.9 Å². The summed E-state index contributed by atoms with van der Waals surface area (Å²) in [6.07, 6.45) is -11.1. The molecule has 2 saturated heterocycles. The SMILES string of the molecule is C[C@H]1O[C@H](OP(=O)([O-])OP(=O)([O-])OC[C@H]2O[C@@H](n3ccc(N)nc3=O)[C@H](O)[C@@H]2O)[C@H](O)C[C@@H]1O. The van der Waals surface area contributed by atoms with Gasteiger partial charge in [0.1, 0.15) is 30.2 Å². The Morgan fingerprint density at radius 2 is 1.85 bits per heavy atom. The molecular weight excluding hydrogens is 508 g/mol. The number of ether oxygens (including phenoxy) is 2. The Kier molecular flexibility index (Phi) is 8.32. The van der Waals surface area contributed by atoms with E-state index in [0.717, 1.165) is 10.8 Å². The van der Waals surface area contributed by atoms with E-state index in [1.54, 1.807) is 0 Å². The highest BCUT2D eigenvalue weighted by atomic mass is 31.3. The number of nitrogens with zero attached hydrogens (tertiary/aromatic N) is 2. The highest BCUT2D eigenvalue weighted by Crippen LogP contribution is 2.57. The zero-order chi connectivity index (χ0) is 25.4. The minimum Gasteiger partial charge on any atom is -0.756 e. The lowest BCUT2D eigenvalue weighted by Gasteiger charge is -2.39. The third-order valence-corrected chi connectivity index (χ3v) is 7.51. The highest BCUT2D eigenvalue weighted by molar-refractivity contribution is 7.59. The van der Waals surface area contributed by atoms with Crippen molar-refractivity contribution >= 4 is 21.5 Å². The monoisotopic (exact) mass is 531 g/mol. The average Bonchev–Trinajstić information content (AvgIpc) is 2.98. The number of phosphoric ester groups is 2. The first kappa shape index (κ1) is 27.3. The van der Waals surface area contributed by atoms with Gasteiger partial charge in [-0.1, -0.05) is 0 Å². The van der Waals surface area contributed by atoms with Crippen LogP contribution in [0.2, 0.25) is 0 Å². The van der Waals surface area contributed by atoms with Gasteiger partial charge in [0, 0.05) is 12.6 Å². The molecule has 19 heteroatoms. The van der Waals surface area contributed by atoms with Gasteiger partial charge in [-0.15, -0.1) is 0 Å². The van der Waals surface area contributed by atoms with E-state index < -0.39 is 77.1 Å². The van der Waals surface area contributed by atoms with Crippen LogP contribution in [0, 0.1) is 0 Å². The molecule has 0 aliphatic carbocycles. The molecule has 6 N–H and O–H groups in total. The van der Waals surface area contributed by atoms with Crippen molar-refractivity contribution < 1.29 is 62.2 Å². The van der Waals surface area contributed by atoms with Crippen LogP contribution in [0.4, 0.5) is 5.82 Å². The minimum atomic E-state index is -5.66. The molecule has 2 fully saturated rings. The zero-order valence-corrected chi connectivity index (χ0v) is 19.2.